The maximum Gasteiger partial charge on any atom is 0.248 e. The minimum Gasteiger partial charge on any atom is -0.425 e. The third-order valence-corrected chi connectivity index (χ3v) is 4.89. The zero-order valence-electron chi connectivity index (χ0n) is 17.7. The predicted octanol–water partition coefficient (Wildman–Crippen LogP) is 4.41. The van der Waals surface area contributed by atoms with E-state index in [2.05, 4.69) is 20.6 Å². The van der Waals surface area contributed by atoms with Crippen molar-refractivity contribution in [1.29, 1.82) is 0 Å². The van der Waals surface area contributed by atoms with Crippen molar-refractivity contribution in [2.75, 3.05) is 5.32 Å². The number of hydrogen-bond donors (Lipinski definition) is 1. The average Bonchev–Trinajstić information content (AvgIpc) is 3.40. The van der Waals surface area contributed by atoms with E-state index in [1.165, 1.54) is 18.2 Å². The van der Waals surface area contributed by atoms with Crippen molar-refractivity contribution in [1.82, 2.24) is 20.0 Å². The van der Waals surface area contributed by atoms with E-state index in [-0.39, 0.29) is 11.7 Å². The molecule has 0 bridgehead atoms. The number of nitrogens with zero attached hydrogens (tertiary/aromatic N) is 4. The van der Waals surface area contributed by atoms with Crippen LogP contribution < -0.4 is 5.32 Å². The van der Waals surface area contributed by atoms with E-state index in [0.29, 0.717) is 30.3 Å². The number of halogens is 1. The topological polar surface area (TPSA) is 85.8 Å². The molecule has 0 spiro atoms. The molecule has 2 aromatic carbocycles. The Morgan fingerprint density at radius 3 is 2.50 bits per heavy atom. The number of hydrogen-bond acceptors (Lipinski definition) is 5. The van der Waals surface area contributed by atoms with Crippen LogP contribution in [0.15, 0.2) is 65.2 Å². The van der Waals surface area contributed by atoms with Gasteiger partial charge in [0.1, 0.15) is 5.82 Å². The number of rotatable bonds is 7. The van der Waals surface area contributed by atoms with Gasteiger partial charge < -0.3 is 9.73 Å². The second-order valence-corrected chi connectivity index (χ2v) is 7.22. The number of carbonyl (C=O) groups excluding carboxylic acids is 1. The molecule has 0 aliphatic carbocycles. The predicted molar refractivity (Wildman–Crippen MR) is 119 cm³/mol. The smallest absolute Gasteiger partial charge is 0.248 e. The Labute approximate surface area is 184 Å². The van der Waals surface area contributed by atoms with Crippen LogP contribution in [-0.4, -0.2) is 25.9 Å². The maximum absolute atomic E-state index is 13.2. The molecule has 4 aromatic rings. The van der Waals surface area contributed by atoms with E-state index >= 15 is 0 Å². The molecule has 0 fully saturated rings. The Bertz CT molecular complexity index is 1240. The first-order valence-corrected chi connectivity index (χ1v) is 10.2. The first-order chi connectivity index (χ1) is 15.5. The van der Waals surface area contributed by atoms with Gasteiger partial charge in [-0.15, -0.1) is 10.2 Å². The first-order valence-electron chi connectivity index (χ1n) is 10.2. The normalized spacial score (nSPS) is 11.2. The zero-order chi connectivity index (χ0) is 22.5. The van der Waals surface area contributed by atoms with Crippen LogP contribution in [0.5, 0.6) is 0 Å². The minimum atomic E-state index is -0.304. The van der Waals surface area contributed by atoms with Crippen LogP contribution in [0, 0.1) is 5.82 Å². The van der Waals surface area contributed by atoms with Crippen LogP contribution in [0.25, 0.3) is 17.3 Å². The zero-order valence-corrected chi connectivity index (χ0v) is 17.7. The molecule has 1 N–H and O–H groups in total. The fourth-order valence-electron chi connectivity index (χ4n) is 3.27. The Kier molecular flexibility index (Phi) is 6.21. The van der Waals surface area contributed by atoms with Gasteiger partial charge in [-0.2, -0.15) is 5.10 Å². The van der Waals surface area contributed by atoms with E-state index in [4.69, 9.17) is 4.42 Å². The molecule has 0 unspecified atom stereocenters. The summed E-state index contributed by atoms with van der Waals surface area (Å²) < 4.78 is 20.5. The molecule has 2 aromatic heterocycles. The van der Waals surface area contributed by atoms with Crippen molar-refractivity contribution < 1.29 is 13.6 Å². The first kappa shape index (κ1) is 21.2. The largest absolute Gasteiger partial charge is 0.425 e. The van der Waals surface area contributed by atoms with Gasteiger partial charge in [0.15, 0.2) is 0 Å². The summed E-state index contributed by atoms with van der Waals surface area (Å²) in [6.07, 6.45) is 6.04. The highest BCUT2D eigenvalue weighted by molar-refractivity contribution is 6.02. The van der Waals surface area contributed by atoms with Gasteiger partial charge >= 0.3 is 0 Å². The SMILES string of the molecule is CCc1nnc(Cc2ccc(NC(=O)/C=C/c3cnn(C)c3-c3ccc(F)cc3)cc2)o1. The summed E-state index contributed by atoms with van der Waals surface area (Å²) >= 11 is 0. The molecule has 0 saturated heterocycles. The van der Waals surface area contributed by atoms with Crippen molar-refractivity contribution in [3.8, 4) is 11.3 Å². The monoisotopic (exact) mass is 431 g/mol. The van der Waals surface area contributed by atoms with Crippen LogP contribution in [0.3, 0.4) is 0 Å². The van der Waals surface area contributed by atoms with Crippen LogP contribution in [0.2, 0.25) is 0 Å². The van der Waals surface area contributed by atoms with E-state index in [9.17, 15) is 9.18 Å². The lowest BCUT2D eigenvalue weighted by Gasteiger charge is -2.05. The van der Waals surface area contributed by atoms with Crippen molar-refractivity contribution in [3.05, 3.63) is 89.5 Å². The average molecular weight is 431 g/mol. The molecule has 8 heteroatoms. The van der Waals surface area contributed by atoms with Crippen molar-refractivity contribution in [2.24, 2.45) is 7.05 Å². The summed E-state index contributed by atoms with van der Waals surface area (Å²) in [6.45, 7) is 1.96. The lowest BCUT2D eigenvalue weighted by atomic mass is 10.1. The van der Waals surface area contributed by atoms with Gasteiger partial charge in [-0.1, -0.05) is 19.1 Å². The summed E-state index contributed by atoms with van der Waals surface area (Å²) in [5.41, 5.74) is 4.05. The van der Waals surface area contributed by atoms with E-state index in [1.807, 2.05) is 31.2 Å². The highest BCUT2D eigenvalue weighted by Gasteiger charge is 2.10. The fraction of sp³-hybridized carbons (Fsp3) is 0.167. The highest BCUT2D eigenvalue weighted by Crippen LogP contribution is 2.24. The number of benzene rings is 2. The molecular weight excluding hydrogens is 409 g/mol. The van der Waals surface area contributed by atoms with Crippen LogP contribution in [-0.2, 0) is 24.7 Å². The quantitative estimate of drug-likeness (QED) is 0.438. The van der Waals surface area contributed by atoms with Gasteiger partial charge in [0.25, 0.3) is 0 Å². The van der Waals surface area contributed by atoms with E-state index in [1.54, 1.807) is 36.1 Å². The maximum atomic E-state index is 13.2. The number of anilines is 1. The third-order valence-electron chi connectivity index (χ3n) is 4.89. The molecule has 1 amide bonds. The molecule has 0 aliphatic heterocycles. The van der Waals surface area contributed by atoms with Gasteiger partial charge in [0.2, 0.25) is 17.7 Å². The molecule has 32 heavy (non-hydrogen) atoms. The van der Waals surface area contributed by atoms with Gasteiger partial charge in [-0.25, -0.2) is 4.39 Å². The van der Waals surface area contributed by atoms with Crippen LogP contribution in [0.4, 0.5) is 10.1 Å². The Balaban J connectivity index is 1.40. The summed E-state index contributed by atoms with van der Waals surface area (Å²) in [6, 6.07) is 13.6. The third kappa shape index (κ3) is 4.97. The Morgan fingerprint density at radius 2 is 1.81 bits per heavy atom. The summed E-state index contributed by atoms with van der Waals surface area (Å²) in [7, 11) is 1.80. The van der Waals surface area contributed by atoms with Crippen LogP contribution in [0.1, 0.15) is 29.8 Å². The summed E-state index contributed by atoms with van der Waals surface area (Å²) in [5.74, 6) is 0.610. The number of carbonyl (C=O) groups is 1. The molecule has 2 heterocycles. The molecular formula is C24H22FN5O2. The number of aryl methyl sites for hydroxylation is 2. The number of aromatic nitrogens is 4. The molecule has 0 aliphatic rings. The van der Waals surface area contributed by atoms with Crippen LogP contribution >= 0.6 is 0 Å². The Morgan fingerprint density at radius 1 is 1.09 bits per heavy atom. The van der Waals surface area contributed by atoms with Gasteiger partial charge in [0.05, 0.1) is 18.3 Å². The van der Waals surface area contributed by atoms with Gasteiger partial charge in [-0.3, -0.25) is 9.48 Å². The highest BCUT2D eigenvalue weighted by atomic mass is 19.1. The minimum absolute atomic E-state index is 0.267. The van der Waals surface area contributed by atoms with Crippen molar-refractivity contribution in [3.63, 3.8) is 0 Å². The number of amides is 1. The second-order valence-electron chi connectivity index (χ2n) is 7.22. The van der Waals surface area contributed by atoms with Crippen molar-refractivity contribution >= 4 is 17.7 Å². The van der Waals surface area contributed by atoms with E-state index in [0.717, 1.165) is 22.4 Å². The second kappa shape index (κ2) is 9.38. The van der Waals surface area contributed by atoms with Gasteiger partial charge in [-0.05, 0) is 48.0 Å². The fourth-order valence-corrected chi connectivity index (χ4v) is 3.27. The molecule has 7 nitrogen and oxygen atoms in total. The standard InChI is InChI=1S/C24H22FN5O2/c1-3-22-28-29-23(32-22)14-16-4-11-20(12-5-16)27-21(31)13-8-18-15-26-30(2)24(18)17-6-9-19(25)10-7-17/h4-13,15H,3,14H2,1-2H3,(H,27,31)/b13-8+. The molecule has 0 saturated carbocycles. The number of nitrogens with one attached hydrogen (secondary N) is 1. The van der Waals surface area contributed by atoms with E-state index < -0.39 is 0 Å². The lowest BCUT2D eigenvalue weighted by Crippen LogP contribution is -2.07. The van der Waals surface area contributed by atoms with Gasteiger partial charge in [0, 0.05) is 36.4 Å². The lowest BCUT2D eigenvalue weighted by molar-refractivity contribution is -0.111. The summed E-state index contributed by atoms with van der Waals surface area (Å²) in [5, 5.41) is 15.1. The Hall–Kier alpha value is -4.07. The molecule has 0 radical (unpaired) electrons. The summed E-state index contributed by atoms with van der Waals surface area (Å²) in [4.78, 5) is 12.4. The molecule has 0 atom stereocenters. The molecule has 4 rings (SSSR count). The van der Waals surface area contributed by atoms with Crippen molar-refractivity contribution in [2.45, 2.75) is 19.8 Å². The molecule has 162 valence electrons.